The Labute approximate surface area is 306 Å². The summed E-state index contributed by atoms with van der Waals surface area (Å²) in [5.41, 5.74) is 5.21. The van der Waals surface area contributed by atoms with Gasteiger partial charge in [-0.25, -0.2) is 4.79 Å². The van der Waals surface area contributed by atoms with Crippen LogP contribution in [0.25, 0.3) is 0 Å². The highest BCUT2D eigenvalue weighted by atomic mass is 16.6. The zero-order chi connectivity index (χ0) is 38.0. The number of Topliss-reactive ketones (excluding diaryl/α,β-unsaturated/α-hetero) is 1. The number of unbranched alkanes of at least 4 members (excludes halogenated alkanes) is 1. The number of nitrogens with one attached hydrogen (secondary N) is 1. The zero-order valence-corrected chi connectivity index (χ0v) is 31.6. The van der Waals surface area contributed by atoms with Gasteiger partial charge in [-0.05, 0) is 84.2 Å². The highest BCUT2D eigenvalue weighted by Crippen LogP contribution is 2.65. The zero-order valence-electron chi connectivity index (χ0n) is 31.6. The van der Waals surface area contributed by atoms with Gasteiger partial charge in [-0.3, -0.25) is 19.4 Å². The van der Waals surface area contributed by atoms with Crippen LogP contribution in [0.4, 0.5) is 4.79 Å². The quantitative estimate of drug-likeness (QED) is 0.0794. The van der Waals surface area contributed by atoms with Crippen LogP contribution in [-0.4, -0.2) is 115 Å². The van der Waals surface area contributed by atoms with E-state index in [1.54, 1.807) is 48.1 Å². The number of aliphatic imine (C=N–C) groups is 1. The van der Waals surface area contributed by atoms with E-state index in [0.717, 1.165) is 17.7 Å². The molecule has 2 amide bonds. The van der Waals surface area contributed by atoms with Gasteiger partial charge >= 0.3 is 12.1 Å². The molecule has 5 rings (SSSR count). The van der Waals surface area contributed by atoms with Crippen molar-refractivity contribution in [2.75, 3.05) is 41.3 Å². The number of aliphatic hydroxyl groups is 1. The number of rotatable bonds is 15. The minimum Gasteiger partial charge on any atom is -0.493 e. The Balaban J connectivity index is 1.21. The minimum atomic E-state index is -1.12. The molecule has 1 aromatic carbocycles. The van der Waals surface area contributed by atoms with Gasteiger partial charge in [0.2, 0.25) is 5.91 Å². The monoisotopic (exact) mass is 725 g/mol. The Morgan fingerprint density at radius 3 is 2.63 bits per heavy atom. The Morgan fingerprint density at radius 2 is 1.94 bits per heavy atom. The fourth-order valence-corrected chi connectivity index (χ4v) is 8.36. The van der Waals surface area contributed by atoms with Gasteiger partial charge in [-0.15, -0.1) is 0 Å². The number of likely N-dealkylation sites (N-methyl/N-ethyl adjacent to an activating group) is 1. The first kappa shape index (κ1) is 39.0. The fourth-order valence-electron chi connectivity index (χ4n) is 8.36. The maximum atomic E-state index is 13.5. The summed E-state index contributed by atoms with van der Waals surface area (Å²) in [7, 11) is 6.84. The molecule has 2 aliphatic carbocycles. The average molecular weight is 726 g/mol. The summed E-state index contributed by atoms with van der Waals surface area (Å²) in [6.45, 7) is 6.11. The first-order valence-corrected chi connectivity index (χ1v) is 18.2. The number of carbonyl (C=O) groups is 4. The van der Waals surface area contributed by atoms with E-state index in [4.69, 9.17) is 24.7 Å². The molecule has 0 saturated carbocycles. The van der Waals surface area contributed by atoms with Gasteiger partial charge in [0.25, 0.3) is 0 Å². The molecule has 0 unspecified atom stereocenters. The van der Waals surface area contributed by atoms with Crippen molar-refractivity contribution in [1.29, 1.82) is 0 Å². The number of hydrogen-bond acceptors (Lipinski definition) is 11. The van der Waals surface area contributed by atoms with Gasteiger partial charge in [0.05, 0.1) is 30.0 Å². The van der Waals surface area contributed by atoms with Crippen LogP contribution in [0.2, 0.25) is 0 Å². The van der Waals surface area contributed by atoms with Crippen molar-refractivity contribution in [3.8, 4) is 11.5 Å². The molecule has 1 fully saturated rings. The summed E-state index contributed by atoms with van der Waals surface area (Å²) in [6, 6.07) is 3.00. The summed E-state index contributed by atoms with van der Waals surface area (Å²) < 4.78 is 23.5. The van der Waals surface area contributed by atoms with Gasteiger partial charge in [-0.1, -0.05) is 12.5 Å². The van der Waals surface area contributed by atoms with Gasteiger partial charge in [-0.2, -0.15) is 0 Å². The first-order valence-electron chi connectivity index (χ1n) is 18.2. The second-order valence-corrected chi connectivity index (χ2v) is 15.5. The molecule has 52 heavy (non-hydrogen) atoms. The summed E-state index contributed by atoms with van der Waals surface area (Å²) >= 11 is 0. The molecule has 1 saturated heterocycles. The first-order chi connectivity index (χ1) is 24.5. The number of nitrogens with zero attached hydrogens (tertiary/aromatic N) is 3. The van der Waals surface area contributed by atoms with Crippen LogP contribution in [0.5, 0.6) is 11.5 Å². The highest BCUT2D eigenvalue weighted by molar-refractivity contribution is 5.97. The number of amidine groups is 1. The topological polar surface area (TPSA) is 182 Å². The molecular formula is C38H55N5O9. The Morgan fingerprint density at radius 1 is 1.19 bits per heavy atom. The lowest BCUT2D eigenvalue weighted by molar-refractivity contribution is -0.163. The minimum absolute atomic E-state index is 0.0882. The van der Waals surface area contributed by atoms with Crippen molar-refractivity contribution >= 4 is 29.6 Å². The van der Waals surface area contributed by atoms with Crippen LogP contribution < -0.4 is 20.5 Å². The van der Waals surface area contributed by atoms with Crippen molar-refractivity contribution in [3.63, 3.8) is 0 Å². The molecule has 0 aromatic heterocycles. The van der Waals surface area contributed by atoms with Crippen molar-refractivity contribution in [3.05, 3.63) is 35.1 Å². The molecule has 2 bridgehead atoms. The smallest absolute Gasteiger partial charge is 0.414 e. The Kier molecular flexibility index (Phi) is 11.6. The molecule has 4 N–H and O–H groups in total. The molecule has 1 aromatic rings. The van der Waals surface area contributed by atoms with E-state index < -0.39 is 53.2 Å². The third-order valence-corrected chi connectivity index (χ3v) is 10.9. The van der Waals surface area contributed by atoms with E-state index in [2.05, 4.69) is 15.2 Å². The molecule has 286 valence electrons. The number of nitrogens with two attached hydrogens (primary N) is 1. The SMILES string of the molecule is CN=C(N)CCCC[C@@H](NC(=O)CC(=O)OC(C)(C)C)C(=O)CCCN(C)C(=O)OC1=CC[C@]2(O)[C@@H]3Cc4ccc(OC)c5c4[C@]2(CCN3C)[C@@H]1O5. The fraction of sp³-hybridized carbons (Fsp3) is 0.658. The summed E-state index contributed by atoms with van der Waals surface area (Å²) in [6.07, 6.45) is 4.19. The number of benzene rings is 1. The second-order valence-electron chi connectivity index (χ2n) is 15.5. The van der Waals surface area contributed by atoms with Crippen molar-refractivity contribution in [2.24, 2.45) is 10.7 Å². The number of ether oxygens (including phenoxy) is 4. The van der Waals surface area contributed by atoms with Crippen LogP contribution in [0.3, 0.4) is 0 Å². The predicted octanol–water partition coefficient (Wildman–Crippen LogP) is 3.15. The van der Waals surface area contributed by atoms with E-state index in [9.17, 15) is 24.3 Å². The number of piperidine rings is 1. The summed E-state index contributed by atoms with van der Waals surface area (Å²) in [5, 5.41) is 15.1. The second kappa shape index (κ2) is 15.4. The number of amides is 2. The van der Waals surface area contributed by atoms with Crippen LogP contribution in [0.15, 0.2) is 29.0 Å². The van der Waals surface area contributed by atoms with Crippen molar-refractivity contribution in [1.82, 2.24) is 15.1 Å². The van der Waals surface area contributed by atoms with Gasteiger partial charge < -0.3 is 44.9 Å². The van der Waals surface area contributed by atoms with Crippen LogP contribution in [0.1, 0.15) is 89.7 Å². The Bertz CT molecular complexity index is 1620. The van der Waals surface area contributed by atoms with E-state index in [-0.39, 0.29) is 24.8 Å². The van der Waals surface area contributed by atoms with Gasteiger partial charge in [0.1, 0.15) is 17.8 Å². The van der Waals surface area contributed by atoms with Gasteiger partial charge in [0, 0.05) is 51.5 Å². The molecule has 2 heterocycles. The molecule has 2 aliphatic heterocycles. The summed E-state index contributed by atoms with van der Waals surface area (Å²) in [5.74, 6) is 0.559. The van der Waals surface area contributed by atoms with Crippen LogP contribution >= 0.6 is 0 Å². The molecule has 5 atom stereocenters. The maximum Gasteiger partial charge on any atom is 0.414 e. The van der Waals surface area contributed by atoms with E-state index in [0.29, 0.717) is 74.5 Å². The van der Waals surface area contributed by atoms with Crippen LogP contribution in [-0.2, 0) is 35.7 Å². The van der Waals surface area contributed by atoms with E-state index >= 15 is 0 Å². The third-order valence-electron chi connectivity index (χ3n) is 10.9. The maximum absolute atomic E-state index is 13.5. The lowest BCUT2D eigenvalue weighted by Gasteiger charge is -2.61. The predicted molar refractivity (Wildman–Crippen MR) is 193 cm³/mol. The largest absolute Gasteiger partial charge is 0.493 e. The van der Waals surface area contributed by atoms with E-state index in [1.807, 2.05) is 19.2 Å². The third kappa shape index (κ3) is 7.64. The molecule has 1 spiro atoms. The molecule has 4 aliphatic rings. The van der Waals surface area contributed by atoms with Crippen molar-refractivity contribution < 1.29 is 43.2 Å². The molecular weight excluding hydrogens is 670 g/mol. The van der Waals surface area contributed by atoms with Crippen LogP contribution in [0, 0.1) is 0 Å². The number of esters is 1. The molecule has 14 heteroatoms. The van der Waals surface area contributed by atoms with E-state index in [1.165, 1.54) is 4.90 Å². The number of ketones is 1. The summed E-state index contributed by atoms with van der Waals surface area (Å²) in [4.78, 5) is 59.4. The Hall–Kier alpha value is -4.17. The molecule has 0 radical (unpaired) electrons. The number of likely N-dealkylation sites (tertiary alicyclic amines) is 1. The number of carbonyl (C=O) groups excluding carboxylic acids is 4. The standard InChI is InChI=1S/C38H55N5O9/c1-36(2,3)52-31(46)22-30(45)41-24(11-8-9-13-29(39)40-4)25(44)12-10-19-43(6)35(47)50-27-16-17-38(48)28-21-23-14-15-26(49-7)33-32(23)37(38,34(27)51-33)18-20-42(28)5/h14-16,24,28,34,48H,8-13,17-22H2,1-7H3,(H2,39,40)(H,41,45)/t24-,28+,34-,37-,38+/m1/s1. The lowest BCUT2D eigenvalue weighted by atomic mass is 9.50. The lowest BCUT2D eigenvalue weighted by Crippen LogP contribution is -2.74. The molecule has 14 nitrogen and oxygen atoms in total. The highest BCUT2D eigenvalue weighted by Gasteiger charge is 2.72. The normalized spacial score (nSPS) is 25.2. The average Bonchev–Trinajstić information content (AvgIpc) is 3.43. The van der Waals surface area contributed by atoms with Crippen molar-refractivity contribution in [2.45, 2.75) is 120 Å². The number of methoxy groups -OCH3 is 1. The van der Waals surface area contributed by atoms with Gasteiger partial charge in [0.15, 0.2) is 23.4 Å². The number of hydrogen-bond donors (Lipinski definition) is 3.